The van der Waals surface area contributed by atoms with Gasteiger partial charge in [0.1, 0.15) is 5.69 Å². The summed E-state index contributed by atoms with van der Waals surface area (Å²) in [7, 11) is 0. The molecule has 1 aromatic heterocycles. The van der Waals surface area contributed by atoms with Gasteiger partial charge < -0.3 is 4.74 Å². The average molecular weight is 393 g/mol. The largest absolute Gasteiger partial charge is 0.376 e. The summed E-state index contributed by atoms with van der Waals surface area (Å²) in [6.07, 6.45) is 6.78. The van der Waals surface area contributed by atoms with Crippen molar-refractivity contribution >= 4 is 0 Å². The molecule has 0 N–H and O–H groups in total. The zero-order chi connectivity index (χ0) is 20.3. The van der Waals surface area contributed by atoms with Gasteiger partial charge in [-0.25, -0.2) is 4.68 Å². The molecule has 0 aliphatic carbocycles. The Balaban J connectivity index is 1.42. The highest BCUT2D eigenvalue weighted by atomic mass is 16.5. The third-order valence-corrected chi connectivity index (χ3v) is 5.80. The van der Waals surface area contributed by atoms with Gasteiger partial charge in [0.15, 0.2) is 0 Å². The Hall–Kier alpha value is -2.16. The van der Waals surface area contributed by atoms with Gasteiger partial charge in [0.05, 0.1) is 25.4 Å². The van der Waals surface area contributed by atoms with Crippen LogP contribution in [0.5, 0.6) is 0 Å². The lowest BCUT2D eigenvalue weighted by Crippen LogP contribution is -2.52. The van der Waals surface area contributed by atoms with Crippen molar-refractivity contribution in [2.24, 2.45) is 5.41 Å². The molecule has 2 aliphatic heterocycles. The molecule has 5 heteroatoms. The molecule has 5 nitrogen and oxygen atoms in total. The minimum absolute atomic E-state index is 0.263. The molecule has 0 spiro atoms. The first-order valence-corrected chi connectivity index (χ1v) is 10.9. The highest BCUT2D eigenvalue weighted by Gasteiger charge is 2.33. The van der Waals surface area contributed by atoms with Gasteiger partial charge in [0.2, 0.25) is 0 Å². The number of aromatic nitrogens is 3. The smallest absolute Gasteiger partial charge is 0.113 e. The Labute approximate surface area is 174 Å². The standard InChI is InChI=1S/C24H32N4O/c1-4-20-14-19(8-7-12-27-17-24(2,3)18-27)10-11-22(20)23-16-28(26-25-23)15-21-9-5-6-13-29-21/h10-11,14,16,21H,4-6,9,12-13,15,17-18H2,1-3H3. The van der Waals surface area contributed by atoms with Gasteiger partial charge >= 0.3 is 0 Å². The van der Waals surface area contributed by atoms with Gasteiger partial charge in [-0.05, 0) is 48.8 Å². The predicted molar refractivity (Wildman–Crippen MR) is 116 cm³/mol. The quantitative estimate of drug-likeness (QED) is 0.727. The van der Waals surface area contributed by atoms with Crippen LogP contribution < -0.4 is 0 Å². The monoisotopic (exact) mass is 392 g/mol. The normalized spacial score (nSPS) is 21.3. The third kappa shape index (κ3) is 5.07. The molecule has 0 saturated carbocycles. The number of ether oxygens (including phenoxy) is 1. The second-order valence-corrected chi connectivity index (χ2v) is 9.15. The molecule has 0 bridgehead atoms. The second-order valence-electron chi connectivity index (χ2n) is 9.15. The molecule has 2 aliphatic rings. The average Bonchev–Trinajstić information content (AvgIpc) is 3.15. The number of likely N-dealkylation sites (tertiary alicyclic amines) is 1. The van der Waals surface area contributed by atoms with Gasteiger partial charge in [-0.3, -0.25) is 4.90 Å². The Bertz CT molecular complexity index is 891. The van der Waals surface area contributed by atoms with Gasteiger partial charge in [-0.2, -0.15) is 0 Å². The van der Waals surface area contributed by atoms with Crippen LogP contribution >= 0.6 is 0 Å². The Morgan fingerprint density at radius 3 is 2.83 bits per heavy atom. The molecule has 29 heavy (non-hydrogen) atoms. The fourth-order valence-electron chi connectivity index (χ4n) is 4.41. The van der Waals surface area contributed by atoms with E-state index in [-0.39, 0.29) is 6.10 Å². The van der Waals surface area contributed by atoms with E-state index in [1.807, 2.05) is 10.9 Å². The Kier molecular flexibility index (Phi) is 6.03. The SMILES string of the molecule is CCc1cc(C#CCN2CC(C)(C)C2)ccc1-c1cn(CC2CCCCO2)nn1. The van der Waals surface area contributed by atoms with E-state index in [0.29, 0.717) is 5.41 Å². The van der Waals surface area contributed by atoms with Gasteiger partial charge in [-0.15, -0.1) is 5.10 Å². The molecule has 0 radical (unpaired) electrons. The molecule has 2 fully saturated rings. The summed E-state index contributed by atoms with van der Waals surface area (Å²) in [6, 6.07) is 6.44. The molecule has 0 amide bonds. The first-order valence-electron chi connectivity index (χ1n) is 10.9. The first kappa shape index (κ1) is 20.1. The summed E-state index contributed by atoms with van der Waals surface area (Å²) in [4.78, 5) is 2.40. The van der Waals surface area contributed by atoms with Crippen LogP contribution in [0.3, 0.4) is 0 Å². The molecule has 154 valence electrons. The zero-order valence-electron chi connectivity index (χ0n) is 17.9. The lowest BCUT2D eigenvalue weighted by molar-refractivity contribution is 0.00370. The number of nitrogens with zero attached hydrogens (tertiary/aromatic N) is 4. The van der Waals surface area contributed by atoms with Crippen LogP contribution in [0.4, 0.5) is 0 Å². The molecule has 1 unspecified atom stereocenters. The Morgan fingerprint density at radius 1 is 1.24 bits per heavy atom. The van der Waals surface area contributed by atoms with Crippen molar-refractivity contribution in [1.29, 1.82) is 0 Å². The maximum atomic E-state index is 5.83. The van der Waals surface area contributed by atoms with Crippen LogP contribution in [0.15, 0.2) is 24.4 Å². The topological polar surface area (TPSA) is 43.2 Å². The Morgan fingerprint density at radius 2 is 2.10 bits per heavy atom. The van der Waals surface area contributed by atoms with E-state index in [0.717, 1.165) is 62.4 Å². The predicted octanol–water partition coefficient (Wildman–Crippen LogP) is 3.77. The third-order valence-electron chi connectivity index (χ3n) is 5.80. The second kappa shape index (κ2) is 8.69. The van der Waals surface area contributed by atoms with Crippen molar-refractivity contribution < 1.29 is 4.74 Å². The van der Waals surface area contributed by atoms with E-state index in [1.165, 1.54) is 18.4 Å². The molecule has 4 rings (SSSR count). The van der Waals surface area contributed by atoms with E-state index < -0.39 is 0 Å². The van der Waals surface area contributed by atoms with Crippen LogP contribution in [0.2, 0.25) is 0 Å². The lowest BCUT2D eigenvalue weighted by Gasteiger charge is -2.44. The van der Waals surface area contributed by atoms with E-state index in [1.54, 1.807) is 0 Å². The first-order chi connectivity index (χ1) is 14.0. The molecule has 1 aromatic carbocycles. The fraction of sp³-hybridized carbons (Fsp3) is 0.583. The van der Waals surface area contributed by atoms with Crippen LogP contribution in [0, 0.1) is 17.3 Å². The maximum Gasteiger partial charge on any atom is 0.113 e. The van der Waals surface area contributed by atoms with Crippen LogP contribution in [0.25, 0.3) is 11.3 Å². The van der Waals surface area contributed by atoms with Crippen molar-refractivity contribution in [3.8, 4) is 23.1 Å². The molecule has 1 atom stereocenters. The minimum Gasteiger partial charge on any atom is -0.376 e. The van der Waals surface area contributed by atoms with Crippen molar-refractivity contribution in [2.75, 3.05) is 26.2 Å². The van der Waals surface area contributed by atoms with Crippen molar-refractivity contribution in [2.45, 2.75) is 59.1 Å². The summed E-state index contributed by atoms with van der Waals surface area (Å²) >= 11 is 0. The molecule has 2 aromatic rings. The molecular weight excluding hydrogens is 360 g/mol. The molecule has 3 heterocycles. The highest BCUT2D eigenvalue weighted by Crippen LogP contribution is 2.28. The fourth-order valence-corrected chi connectivity index (χ4v) is 4.41. The zero-order valence-corrected chi connectivity index (χ0v) is 17.9. The lowest BCUT2D eigenvalue weighted by atomic mass is 9.84. The van der Waals surface area contributed by atoms with Crippen LogP contribution in [0.1, 0.15) is 51.2 Å². The summed E-state index contributed by atoms with van der Waals surface area (Å²) in [5.74, 6) is 6.67. The van der Waals surface area contributed by atoms with E-state index in [2.05, 4.69) is 66.0 Å². The summed E-state index contributed by atoms with van der Waals surface area (Å²) < 4.78 is 7.75. The van der Waals surface area contributed by atoms with E-state index in [9.17, 15) is 0 Å². The minimum atomic E-state index is 0.263. The number of hydrogen-bond acceptors (Lipinski definition) is 4. The van der Waals surface area contributed by atoms with E-state index in [4.69, 9.17) is 4.74 Å². The van der Waals surface area contributed by atoms with Gasteiger partial charge in [0, 0.05) is 30.8 Å². The number of hydrogen-bond donors (Lipinski definition) is 0. The van der Waals surface area contributed by atoms with E-state index >= 15 is 0 Å². The summed E-state index contributed by atoms with van der Waals surface area (Å²) in [6.45, 7) is 11.6. The number of benzene rings is 1. The van der Waals surface area contributed by atoms with Crippen molar-refractivity contribution in [3.05, 3.63) is 35.5 Å². The summed E-state index contributed by atoms with van der Waals surface area (Å²) in [5, 5.41) is 8.76. The highest BCUT2D eigenvalue weighted by molar-refractivity contribution is 5.64. The van der Waals surface area contributed by atoms with Crippen LogP contribution in [-0.4, -0.2) is 52.2 Å². The van der Waals surface area contributed by atoms with Crippen LogP contribution in [-0.2, 0) is 17.7 Å². The van der Waals surface area contributed by atoms with Gasteiger partial charge in [0.25, 0.3) is 0 Å². The maximum absolute atomic E-state index is 5.83. The van der Waals surface area contributed by atoms with Crippen molar-refractivity contribution in [1.82, 2.24) is 19.9 Å². The molecule has 2 saturated heterocycles. The summed E-state index contributed by atoms with van der Waals surface area (Å²) in [5.41, 5.74) is 4.88. The van der Waals surface area contributed by atoms with Crippen molar-refractivity contribution in [3.63, 3.8) is 0 Å². The van der Waals surface area contributed by atoms with Gasteiger partial charge in [-0.1, -0.05) is 43.9 Å². The molecular formula is C24H32N4O. The number of aryl methyl sites for hydroxylation is 1. The number of rotatable bonds is 5.